The zero-order valence-corrected chi connectivity index (χ0v) is 17.5. The first kappa shape index (κ1) is 21.2. The van der Waals surface area contributed by atoms with Crippen molar-refractivity contribution in [3.8, 4) is 0 Å². The maximum absolute atomic E-state index is 14.6. The Morgan fingerprint density at radius 1 is 1.23 bits per heavy atom. The van der Waals surface area contributed by atoms with Crippen molar-refractivity contribution in [3.05, 3.63) is 80.3 Å². The van der Waals surface area contributed by atoms with E-state index in [0.29, 0.717) is 29.1 Å². The molecule has 1 atom stereocenters. The fourth-order valence-corrected chi connectivity index (χ4v) is 4.19. The lowest BCUT2D eigenvalue weighted by molar-refractivity contribution is 0.102. The highest BCUT2D eigenvalue weighted by Crippen LogP contribution is 2.36. The van der Waals surface area contributed by atoms with Crippen molar-refractivity contribution in [2.75, 3.05) is 5.32 Å². The summed E-state index contributed by atoms with van der Waals surface area (Å²) < 4.78 is 33.0. The molecule has 2 aromatic carbocycles. The second kappa shape index (κ2) is 8.99. The second-order valence-corrected chi connectivity index (χ2v) is 8.19. The van der Waals surface area contributed by atoms with Gasteiger partial charge in [-0.1, -0.05) is 11.6 Å². The number of rotatable bonds is 5. The van der Waals surface area contributed by atoms with Crippen LogP contribution >= 0.6 is 22.9 Å². The first-order valence-corrected chi connectivity index (χ1v) is 10.6. The van der Waals surface area contributed by atoms with E-state index in [1.807, 2.05) is 0 Å². The number of thiazole rings is 1. The van der Waals surface area contributed by atoms with E-state index in [9.17, 15) is 18.4 Å². The molecular formula is C21H16ClF2N3O3S. The number of nitrogens with zero attached hydrogens (tertiary/aromatic N) is 1. The molecule has 6 nitrogen and oxygen atoms in total. The standard InChI is InChI=1S/C21H16ClF2N3O3S/c22-14-9-11(1-4-15(14)23)26-20(28)13-2-5-16(24)19-12(13)3-6-17(19)27-21(29)30-10-18-25-7-8-31-18/h1-2,4-5,7-9,17H,3,6,10H2,(H,26,28)(H,27,29)/t17-/m0/s1. The van der Waals surface area contributed by atoms with E-state index in [-0.39, 0.29) is 22.8 Å². The number of halogens is 3. The van der Waals surface area contributed by atoms with Gasteiger partial charge < -0.3 is 15.4 Å². The molecule has 2 N–H and O–H groups in total. The van der Waals surface area contributed by atoms with Gasteiger partial charge in [-0.3, -0.25) is 4.79 Å². The molecule has 0 aliphatic heterocycles. The summed E-state index contributed by atoms with van der Waals surface area (Å²) in [6.07, 6.45) is 1.74. The van der Waals surface area contributed by atoms with Crippen LogP contribution in [0.1, 0.15) is 39.0 Å². The van der Waals surface area contributed by atoms with E-state index in [4.69, 9.17) is 16.3 Å². The van der Waals surface area contributed by atoms with Crippen LogP contribution in [0.25, 0.3) is 0 Å². The van der Waals surface area contributed by atoms with Gasteiger partial charge in [-0.25, -0.2) is 18.6 Å². The van der Waals surface area contributed by atoms with Gasteiger partial charge in [0.05, 0.1) is 11.1 Å². The molecule has 1 aliphatic carbocycles. The Kier molecular flexibility index (Phi) is 6.15. The SMILES string of the molecule is O=C(N[C@H]1CCc2c(C(=O)Nc3ccc(F)c(Cl)c3)ccc(F)c21)OCc1nccs1. The Bertz CT molecular complexity index is 1140. The third-order valence-electron chi connectivity index (χ3n) is 4.86. The number of alkyl carbamates (subject to hydrolysis) is 1. The summed E-state index contributed by atoms with van der Waals surface area (Å²) in [5.41, 5.74) is 1.36. The van der Waals surface area contributed by atoms with Gasteiger partial charge in [-0.05, 0) is 48.7 Å². The quantitative estimate of drug-likeness (QED) is 0.542. The number of aromatic nitrogens is 1. The first-order valence-electron chi connectivity index (χ1n) is 9.31. The summed E-state index contributed by atoms with van der Waals surface area (Å²) in [5.74, 6) is -1.59. The van der Waals surface area contributed by atoms with Gasteiger partial charge in [0.1, 0.15) is 23.2 Å². The van der Waals surface area contributed by atoms with Crippen molar-refractivity contribution >= 4 is 40.6 Å². The van der Waals surface area contributed by atoms with Crippen molar-refractivity contribution in [2.24, 2.45) is 0 Å². The third kappa shape index (κ3) is 4.67. The summed E-state index contributed by atoms with van der Waals surface area (Å²) in [6.45, 7) is 0.0221. The molecule has 1 heterocycles. The summed E-state index contributed by atoms with van der Waals surface area (Å²) >= 11 is 7.11. The molecule has 0 unspecified atom stereocenters. The molecule has 31 heavy (non-hydrogen) atoms. The Morgan fingerprint density at radius 3 is 2.77 bits per heavy atom. The molecule has 0 radical (unpaired) electrons. The number of hydrogen-bond donors (Lipinski definition) is 2. The van der Waals surface area contributed by atoms with Gasteiger partial charge in [0.15, 0.2) is 0 Å². The number of anilines is 1. The number of amides is 2. The number of ether oxygens (including phenoxy) is 1. The Balaban J connectivity index is 1.48. The number of hydrogen-bond acceptors (Lipinski definition) is 5. The number of carbonyl (C=O) groups excluding carboxylic acids is 2. The maximum atomic E-state index is 14.6. The summed E-state index contributed by atoms with van der Waals surface area (Å²) in [7, 11) is 0. The van der Waals surface area contributed by atoms with E-state index >= 15 is 0 Å². The largest absolute Gasteiger partial charge is 0.442 e. The zero-order valence-electron chi connectivity index (χ0n) is 16.0. The van der Waals surface area contributed by atoms with Crippen molar-refractivity contribution in [1.29, 1.82) is 0 Å². The molecule has 0 spiro atoms. The predicted molar refractivity (Wildman–Crippen MR) is 112 cm³/mol. The Labute approximate surface area is 185 Å². The van der Waals surface area contributed by atoms with Gasteiger partial charge in [-0.2, -0.15) is 0 Å². The van der Waals surface area contributed by atoms with Crippen LogP contribution < -0.4 is 10.6 Å². The van der Waals surface area contributed by atoms with Gasteiger partial charge in [0.25, 0.3) is 5.91 Å². The summed E-state index contributed by atoms with van der Waals surface area (Å²) in [5, 5.41) is 7.58. The third-order valence-corrected chi connectivity index (χ3v) is 5.90. The molecule has 0 saturated heterocycles. The average Bonchev–Trinajstić information content (AvgIpc) is 3.40. The molecule has 0 fully saturated rings. The van der Waals surface area contributed by atoms with E-state index < -0.39 is 29.7 Å². The second-order valence-electron chi connectivity index (χ2n) is 6.81. The number of nitrogens with one attached hydrogen (secondary N) is 2. The summed E-state index contributed by atoms with van der Waals surface area (Å²) in [4.78, 5) is 28.9. The van der Waals surface area contributed by atoms with Crippen molar-refractivity contribution < 1.29 is 23.1 Å². The zero-order chi connectivity index (χ0) is 22.0. The minimum atomic E-state index is -0.691. The van der Waals surface area contributed by atoms with Crippen molar-refractivity contribution in [3.63, 3.8) is 0 Å². The molecule has 1 aliphatic rings. The fourth-order valence-electron chi connectivity index (χ4n) is 3.48. The minimum absolute atomic E-state index is 0.0221. The van der Waals surface area contributed by atoms with Crippen LogP contribution in [0.3, 0.4) is 0 Å². The Morgan fingerprint density at radius 2 is 2.03 bits per heavy atom. The fraction of sp³-hybridized carbons (Fsp3) is 0.190. The Hall–Kier alpha value is -3.04. The van der Waals surface area contributed by atoms with Crippen LogP contribution in [0.15, 0.2) is 41.9 Å². The van der Waals surface area contributed by atoms with E-state index in [1.54, 1.807) is 11.6 Å². The maximum Gasteiger partial charge on any atom is 0.408 e. The van der Waals surface area contributed by atoms with E-state index in [2.05, 4.69) is 15.6 Å². The van der Waals surface area contributed by atoms with Crippen LogP contribution in [-0.4, -0.2) is 17.0 Å². The van der Waals surface area contributed by atoms with E-state index in [0.717, 1.165) is 6.07 Å². The van der Waals surface area contributed by atoms with Crippen molar-refractivity contribution in [1.82, 2.24) is 10.3 Å². The van der Waals surface area contributed by atoms with Crippen molar-refractivity contribution in [2.45, 2.75) is 25.5 Å². The van der Waals surface area contributed by atoms with Crippen LogP contribution in [0.5, 0.6) is 0 Å². The molecule has 0 bridgehead atoms. The van der Waals surface area contributed by atoms with Gasteiger partial charge in [-0.15, -0.1) is 11.3 Å². The van der Waals surface area contributed by atoms with Crippen LogP contribution in [0.4, 0.5) is 19.3 Å². The van der Waals surface area contributed by atoms with Gasteiger partial charge >= 0.3 is 6.09 Å². The smallest absolute Gasteiger partial charge is 0.408 e. The number of benzene rings is 2. The molecule has 4 rings (SSSR count). The number of carbonyl (C=O) groups is 2. The lowest BCUT2D eigenvalue weighted by Gasteiger charge is -2.16. The predicted octanol–water partition coefficient (Wildman–Crippen LogP) is 5.24. The van der Waals surface area contributed by atoms with Gasteiger partial charge in [0.2, 0.25) is 0 Å². The molecule has 0 saturated carbocycles. The molecule has 3 aromatic rings. The van der Waals surface area contributed by atoms with Crippen LogP contribution in [0, 0.1) is 11.6 Å². The number of fused-ring (bicyclic) bond motifs is 1. The minimum Gasteiger partial charge on any atom is -0.442 e. The van der Waals surface area contributed by atoms with Crippen LogP contribution in [0.2, 0.25) is 5.02 Å². The molecule has 2 amide bonds. The highest BCUT2D eigenvalue weighted by molar-refractivity contribution is 7.09. The lowest BCUT2D eigenvalue weighted by Crippen LogP contribution is -2.28. The average molecular weight is 464 g/mol. The highest BCUT2D eigenvalue weighted by Gasteiger charge is 2.31. The molecule has 160 valence electrons. The molecular weight excluding hydrogens is 448 g/mol. The van der Waals surface area contributed by atoms with Crippen LogP contribution in [-0.2, 0) is 17.8 Å². The van der Waals surface area contributed by atoms with Gasteiger partial charge in [0, 0.05) is 28.4 Å². The monoisotopic (exact) mass is 463 g/mol. The highest BCUT2D eigenvalue weighted by atomic mass is 35.5. The normalized spacial score (nSPS) is 14.7. The molecule has 10 heteroatoms. The molecule has 1 aromatic heterocycles. The first-order chi connectivity index (χ1) is 14.9. The van der Waals surface area contributed by atoms with E-state index in [1.165, 1.54) is 35.6 Å². The lowest BCUT2D eigenvalue weighted by atomic mass is 10.0. The summed E-state index contributed by atoms with van der Waals surface area (Å²) in [6, 6.07) is 5.77. The topological polar surface area (TPSA) is 80.3 Å².